The van der Waals surface area contributed by atoms with Crippen LogP contribution in [0.2, 0.25) is 0 Å². The molecule has 55 heavy (non-hydrogen) atoms. The van der Waals surface area contributed by atoms with Crippen molar-refractivity contribution < 1.29 is 54.7 Å². The Labute approximate surface area is 320 Å². The van der Waals surface area contributed by atoms with Crippen molar-refractivity contribution in [2.45, 2.75) is 70.3 Å². The average Bonchev–Trinajstić information content (AvgIpc) is 3.60. The first kappa shape index (κ1) is 42.9. The van der Waals surface area contributed by atoms with Crippen molar-refractivity contribution in [3.05, 3.63) is 95.4 Å². The lowest BCUT2D eigenvalue weighted by atomic mass is 9.80. The van der Waals surface area contributed by atoms with Gasteiger partial charge in [0, 0.05) is 54.2 Å². The summed E-state index contributed by atoms with van der Waals surface area (Å²) < 4.78 is 70.5. The predicted octanol–water partition coefficient (Wildman–Crippen LogP) is 4.41. The Hall–Kier alpha value is -4.81. The van der Waals surface area contributed by atoms with Gasteiger partial charge in [-0.15, -0.1) is 0 Å². The third-order valence-corrected chi connectivity index (χ3v) is 11.2. The molecule has 0 spiro atoms. The smallest absolute Gasteiger partial charge is 0.336 e. The highest BCUT2D eigenvalue weighted by Gasteiger charge is 2.41. The number of anilines is 1. The van der Waals surface area contributed by atoms with Gasteiger partial charge in [0.05, 0.1) is 22.1 Å². The van der Waals surface area contributed by atoms with Crippen LogP contribution >= 0.6 is 0 Å². The summed E-state index contributed by atoms with van der Waals surface area (Å²) in [5.41, 5.74) is 2.47. The maximum Gasteiger partial charge on any atom is 0.336 e. The number of allylic oxidation sites excluding steroid dienone is 8. The molecule has 4 rings (SSSR count). The third-order valence-electron chi connectivity index (χ3n) is 9.53. The van der Waals surface area contributed by atoms with Crippen molar-refractivity contribution in [2.75, 3.05) is 30.9 Å². The Morgan fingerprint density at radius 2 is 1.69 bits per heavy atom. The minimum Gasteiger partial charge on any atom is -0.444 e. The molecule has 1 aliphatic carbocycles. The lowest BCUT2D eigenvalue weighted by Gasteiger charge is -2.27. The Morgan fingerprint density at radius 3 is 2.29 bits per heavy atom. The molecule has 2 heterocycles. The van der Waals surface area contributed by atoms with Gasteiger partial charge in [0.15, 0.2) is 18.2 Å². The first-order valence-electron chi connectivity index (χ1n) is 17.2. The van der Waals surface area contributed by atoms with Crippen molar-refractivity contribution in [3.63, 3.8) is 0 Å². The minimum atomic E-state index is -4.48. The van der Waals surface area contributed by atoms with Gasteiger partial charge in [-0.25, -0.2) is 9.86 Å². The molecule has 0 unspecified atom stereocenters. The number of ether oxygens (including phenoxy) is 1. The zero-order valence-corrected chi connectivity index (χ0v) is 33.1. The number of rotatable bonds is 14. The highest BCUT2D eigenvalue weighted by molar-refractivity contribution is 7.86. The highest BCUT2D eigenvalue weighted by Crippen LogP contribution is 2.48. The van der Waals surface area contributed by atoms with Crippen LogP contribution in [0, 0.1) is 5.41 Å². The molecule has 17 heteroatoms. The Kier molecular flexibility index (Phi) is 12.9. The van der Waals surface area contributed by atoms with E-state index in [4.69, 9.17) is 9.57 Å². The fourth-order valence-corrected chi connectivity index (χ4v) is 7.47. The predicted molar refractivity (Wildman–Crippen MR) is 204 cm³/mol. The van der Waals surface area contributed by atoms with E-state index in [-0.39, 0.29) is 36.3 Å². The van der Waals surface area contributed by atoms with E-state index in [1.54, 1.807) is 49.4 Å². The average molecular weight is 800 g/mol. The molecule has 1 saturated carbocycles. The van der Waals surface area contributed by atoms with Crippen LogP contribution in [0.1, 0.15) is 59.4 Å². The van der Waals surface area contributed by atoms with Crippen LogP contribution in [0.25, 0.3) is 0 Å². The summed E-state index contributed by atoms with van der Waals surface area (Å²) in [6, 6.07) is 4.22. The summed E-state index contributed by atoms with van der Waals surface area (Å²) in [6.07, 6.45) is 10.8. The highest BCUT2D eigenvalue weighted by atomic mass is 32.2. The molecular weight excluding hydrogens is 755 g/mol. The molecule has 0 atom stereocenters. The van der Waals surface area contributed by atoms with Crippen LogP contribution in [0.4, 0.5) is 5.69 Å². The molecule has 2 aliphatic heterocycles. The second-order valence-electron chi connectivity index (χ2n) is 14.1. The molecule has 1 aromatic carbocycles. The topological polar surface area (TPSA) is 214 Å². The molecule has 3 aliphatic rings. The quantitative estimate of drug-likeness (QED) is 0.0668. The van der Waals surface area contributed by atoms with Crippen LogP contribution in [0.5, 0.6) is 0 Å². The number of esters is 1. The lowest BCUT2D eigenvalue weighted by molar-refractivity contribution is -0.188. The van der Waals surface area contributed by atoms with Crippen molar-refractivity contribution in [1.29, 1.82) is 0 Å². The van der Waals surface area contributed by atoms with Crippen molar-refractivity contribution in [2.24, 2.45) is 10.4 Å². The largest absolute Gasteiger partial charge is 0.444 e. The van der Waals surface area contributed by atoms with Crippen molar-refractivity contribution >= 4 is 55.1 Å². The van der Waals surface area contributed by atoms with E-state index in [0.29, 0.717) is 28.2 Å². The summed E-state index contributed by atoms with van der Waals surface area (Å²) in [5, 5.41) is 0.852. The standard InChI is InChI=1S/C38H45N3O12S2/c1-8-25(36(45)40(7)52-23-34(44)53-35-30(42)17-18-31(35)43)21-27-24(2)39-32(37(27,3)4)13-10-9-11-14-33-38(5,6)28-22-26(55(49,50)51)15-16-29(28)41(33)19-12-20-54(46,47)48/h8-11,13-16,21-22,35H,2,12,17-20,23H2,1,3-7H3,(H,46,47,48)(H,49,50,51)/b11-9+,13-10+,25-8+,27-21+,33-14+. The first-order chi connectivity index (χ1) is 25.5. The molecule has 1 aromatic rings. The van der Waals surface area contributed by atoms with Crippen LogP contribution < -0.4 is 4.90 Å². The molecule has 15 nitrogen and oxygen atoms in total. The van der Waals surface area contributed by atoms with Gasteiger partial charge in [0.25, 0.3) is 26.1 Å². The number of carbonyl (C=O) groups excluding carboxylic acids is 4. The van der Waals surface area contributed by atoms with E-state index >= 15 is 0 Å². The van der Waals surface area contributed by atoms with Gasteiger partial charge < -0.3 is 9.64 Å². The number of amides is 1. The molecular formula is C38H45N3O12S2. The maximum atomic E-state index is 13.2. The van der Waals surface area contributed by atoms with E-state index in [0.717, 1.165) is 10.8 Å². The number of fused-ring (bicyclic) bond motifs is 1. The van der Waals surface area contributed by atoms with Crippen LogP contribution in [0.3, 0.4) is 0 Å². The van der Waals surface area contributed by atoms with Crippen LogP contribution in [-0.2, 0) is 54.4 Å². The number of hydrogen-bond donors (Lipinski definition) is 2. The number of hydrogen-bond acceptors (Lipinski definition) is 12. The fourth-order valence-electron chi connectivity index (χ4n) is 6.47. The second kappa shape index (κ2) is 16.5. The van der Waals surface area contributed by atoms with Gasteiger partial charge in [-0.05, 0) is 60.9 Å². The normalized spacial score (nSPS) is 20.4. The molecule has 0 saturated heterocycles. The van der Waals surface area contributed by atoms with Crippen molar-refractivity contribution in [3.8, 4) is 0 Å². The Balaban J connectivity index is 1.47. The summed E-state index contributed by atoms with van der Waals surface area (Å²) in [6.45, 7) is 12.8. The summed E-state index contributed by atoms with van der Waals surface area (Å²) in [5.74, 6) is -2.97. The number of nitrogens with zero attached hydrogens (tertiary/aromatic N) is 3. The number of carbonyl (C=O) groups is 4. The monoisotopic (exact) mass is 799 g/mol. The summed E-state index contributed by atoms with van der Waals surface area (Å²) in [7, 11) is -7.38. The minimum absolute atomic E-state index is 0.0122. The number of benzene rings is 1. The lowest BCUT2D eigenvalue weighted by Crippen LogP contribution is -2.34. The van der Waals surface area contributed by atoms with Crippen LogP contribution in [0.15, 0.2) is 99.7 Å². The van der Waals surface area contributed by atoms with Gasteiger partial charge in [-0.2, -0.15) is 16.8 Å². The number of hydroxylamine groups is 2. The van der Waals surface area contributed by atoms with Crippen LogP contribution in [-0.4, -0.2) is 92.2 Å². The van der Waals surface area contributed by atoms with E-state index in [1.807, 2.05) is 38.7 Å². The number of Topliss-reactive ketones (excluding diaryl/α,β-unsaturated/α-hetero) is 2. The number of aliphatic imine (C=N–C) groups is 1. The first-order valence-corrected chi connectivity index (χ1v) is 20.3. The molecule has 296 valence electrons. The molecule has 1 fully saturated rings. The molecule has 0 aromatic heterocycles. The molecule has 0 bridgehead atoms. The third kappa shape index (κ3) is 9.90. The molecule has 2 N–H and O–H groups in total. The number of ketones is 2. The molecule has 1 amide bonds. The zero-order valence-electron chi connectivity index (χ0n) is 31.4. The Bertz CT molecular complexity index is 2190. The van der Waals surface area contributed by atoms with Gasteiger partial charge in [0.1, 0.15) is 0 Å². The zero-order chi connectivity index (χ0) is 41.1. The summed E-state index contributed by atoms with van der Waals surface area (Å²) in [4.78, 5) is 60.4. The Morgan fingerprint density at radius 1 is 1.04 bits per heavy atom. The SMILES string of the molecule is C=C1N=C(/C=C/C=C/C=C2/N(CCCS(=O)(=O)O)c3ccc(S(=O)(=O)O)cc3C2(C)C)C(C)(C)/C1=C/C(=C\C)C(=O)N(C)OCC(=O)OC1C(=O)CCC1=O. The van der Waals surface area contributed by atoms with E-state index in [2.05, 4.69) is 11.6 Å². The van der Waals surface area contributed by atoms with Gasteiger partial charge in [0.2, 0.25) is 6.10 Å². The van der Waals surface area contributed by atoms with E-state index in [9.17, 15) is 45.1 Å². The van der Waals surface area contributed by atoms with Crippen molar-refractivity contribution in [1.82, 2.24) is 5.06 Å². The summed E-state index contributed by atoms with van der Waals surface area (Å²) >= 11 is 0. The van der Waals surface area contributed by atoms with E-state index < -0.39 is 73.0 Å². The maximum absolute atomic E-state index is 13.2. The molecule has 0 radical (unpaired) electrons. The fraction of sp³-hybridized carbons (Fsp3) is 0.395. The van der Waals surface area contributed by atoms with Gasteiger partial charge >= 0.3 is 5.97 Å². The second-order valence-corrected chi connectivity index (χ2v) is 17.1. The number of likely N-dealkylation sites (N-methyl/N-ethyl adjacent to an activating group) is 1. The van der Waals surface area contributed by atoms with E-state index in [1.165, 1.54) is 19.2 Å². The van der Waals surface area contributed by atoms with Gasteiger partial charge in [-0.1, -0.05) is 58.6 Å². The van der Waals surface area contributed by atoms with Gasteiger partial charge in [-0.3, -0.25) is 33.3 Å².